The van der Waals surface area contributed by atoms with Crippen molar-refractivity contribution in [2.24, 2.45) is 0 Å². The number of carbonyl (C=O) groups is 4. The first-order valence-electron chi connectivity index (χ1n) is 11.3. The van der Waals surface area contributed by atoms with E-state index in [2.05, 4.69) is 10.3 Å². The van der Waals surface area contributed by atoms with Gasteiger partial charge in [-0.1, -0.05) is 18.2 Å². The Labute approximate surface area is 226 Å². The predicted octanol–water partition coefficient (Wildman–Crippen LogP) is 4.27. The highest BCUT2D eigenvalue weighted by Crippen LogP contribution is 2.31. The van der Waals surface area contributed by atoms with E-state index in [0.29, 0.717) is 24.3 Å². The molecule has 0 fully saturated rings. The molecular formula is C26H18F6N2O7. The van der Waals surface area contributed by atoms with Gasteiger partial charge >= 0.3 is 30.3 Å². The topological polar surface area (TPSA) is 132 Å². The second-order valence-electron chi connectivity index (χ2n) is 8.19. The van der Waals surface area contributed by atoms with E-state index < -0.39 is 70.6 Å². The predicted molar refractivity (Wildman–Crippen MR) is 125 cm³/mol. The average Bonchev–Trinajstić information content (AvgIpc) is 2.93. The SMILES string of the molecule is O=C(O[C@H](C(=O)NCc1ccccn1)[C@@H](OC(=O)c1cccc(C(F)(F)F)c1)C(=O)O)c1cccc(C(F)(F)F)c1. The van der Waals surface area contributed by atoms with E-state index in [-0.39, 0.29) is 12.2 Å². The second-order valence-corrected chi connectivity index (χ2v) is 8.19. The number of nitrogens with zero attached hydrogens (tertiary/aromatic N) is 1. The zero-order valence-corrected chi connectivity index (χ0v) is 20.4. The Morgan fingerprint density at radius 1 is 0.756 bits per heavy atom. The maximum atomic E-state index is 13.1. The zero-order chi connectivity index (χ0) is 30.4. The molecule has 2 aromatic carbocycles. The lowest BCUT2D eigenvalue weighted by Gasteiger charge is -2.23. The number of rotatable bonds is 9. The molecule has 41 heavy (non-hydrogen) atoms. The van der Waals surface area contributed by atoms with Gasteiger partial charge in [0.25, 0.3) is 5.91 Å². The van der Waals surface area contributed by atoms with Crippen molar-refractivity contribution in [3.05, 3.63) is 101 Å². The largest absolute Gasteiger partial charge is 0.478 e. The van der Waals surface area contributed by atoms with Gasteiger partial charge in [-0.15, -0.1) is 0 Å². The molecule has 1 amide bonds. The summed E-state index contributed by atoms with van der Waals surface area (Å²) in [5, 5.41) is 11.9. The van der Waals surface area contributed by atoms with Crippen LogP contribution in [0, 0.1) is 0 Å². The maximum Gasteiger partial charge on any atom is 0.416 e. The second kappa shape index (κ2) is 12.5. The lowest BCUT2D eigenvalue weighted by atomic mass is 10.1. The molecule has 0 bridgehead atoms. The van der Waals surface area contributed by atoms with Crippen LogP contribution in [0.25, 0.3) is 0 Å². The summed E-state index contributed by atoms with van der Waals surface area (Å²) >= 11 is 0. The third kappa shape index (κ3) is 8.27. The number of ether oxygens (including phenoxy) is 2. The van der Waals surface area contributed by atoms with E-state index in [0.717, 1.165) is 24.3 Å². The molecule has 0 unspecified atom stereocenters. The Hall–Kier alpha value is -4.95. The van der Waals surface area contributed by atoms with E-state index in [4.69, 9.17) is 9.47 Å². The van der Waals surface area contributed by atoms with Gasteiger partial charge in [-0.25, -0.2) is 14.4 Å². The molecule has 216 valence electrons. The van der Waals surface area contributed by atoms with Crippen LogP contribution >= 0.6 is 0 Å². The fourth-order valence-electron chi connectivity index (χ4n) is 3.29. The summed E-state index contributed by atoms with van der Waals surface area (Å²) in [5.74, 6) is -6.63. The molecule has 2 atom stereocenters. The number of carboxylic acids is 1. The lowest BCUT2D eigenvalue weighted by Crippen LogP contribution is -2.50. The number of pyridine rings is 1. The number of benzene rings is 2. The van der Waals surface area contributed by atoms with E-state index in [1.807, 2.05) is 0 Å². The van der Waals surface area contributed by atoms with E-state index in [1.165, 1.54) is 12.3 Å². The van der Waals surface area contributed by atoms with Gasteiger partial charge in [0, 0.05) is 6.20 Å². The quantitative estimate of drug-likeness (QED) is 0.282. The molecule has 0 aliphatic heterocycles. The molecular weight excluding hydrogens is 566 g/mol. The molecule has 1 aromatic heterocycles. The smallest absolute Gasteiger partial charge is 0.416 e. The van der Waals surface area contributed by atoms with E-state index in [1.54, 1.807) is 12.1 Å². The monoisotopic (exact) mass is 584 g/mol. The summed E-state index contributed by atoms with van der Waals surface area (Å²) in [6, 6.07) is 10.1. The molecule has 3 rings (SSSR count). The van der Waals surface area contributed by atoms with Crippen LogP contribution in [-0.2, 0) is 38.0 Å². The van der Waals surface area contributed by atoms with Crippen molar-refractivity contribution >= 4 is 23.8 Å². The highest BCUT2D eigenvalue weighted by molar-refractivity contribution is 5.97. The van der Waals surface area contributed by atoms with Gasteiger partial charge in [0.1, 0.15) is 0 Å². The number of nitrogens with one attached hydrogen (secondary N) is 1. The van der Waals surface area contributed by atoms with Crippen LogP contribution in [0.3, 0.4) is 0 Å². The van der Waals surface area contributed by atoms with Crippen LogP contribution in [0.1, 0.15) is 37.5 Å². The van der Waals surface area contributed by atoms with E-state index in [9.17, 15) is 50.6 Å². The number of carboxylic acid groups (broad SMARTS) is 1. The number of esters is 2. The molecule has 1 heterocycles. The molecule has 0 aliphatic rings. The molecule has 0 spiro atoms. The van der Waals surface area contributed by atoms with Gasteiger partial charge in [0.15, 0.2) is 0 Å². The first-order valence-corrected chi connectivity index (χ1v) is 11.3. The molecule has 0 radical (unpaired) electrons. The summed E-state index contributed by atoms with van der Waals surface area (Å²) in [6.45, 7) is -0.342. The number of aliphatic carboxylic acids is 1. The number of hydrogen-bond donors (Lipinski definition) is 2. The molecule has 2 N–H and O–H groups in total. The number of alkyl halides is 6. The fourth-order valence-corrected chi connectivity index (χ4v) is 3.29. The van der Waals surface area contributed by atoms with Gasteiger partial charge in [-0.2, -0.15) is 26.3 Å². The van der Waals surface area contributed by atoms with Gasteiger partial charge in [0.2, 0.25) is 12.2 Å². The summed E-state index contributed by atoms with van der Waals surface area (Å²) in [5.41, 5.74) is -3.73. The first-order chi connectivity index (χ1) is 19.2. The zero-order valence-electron chi connectivity index (χ0n) is 20.4. The van der Waals surface area contributed by atoms with Gasteiger partial charge in [-0.05, 0) is 48.5 Å². The van der Waals surface area contributed by atoms with Crippen molar-refractivity contribution < 1.29 is 60.1 Å². The van der Waals surface area contributed by atoms with Crippen molar-refractivity contribution in [1.82, 2.24) is 10.3 Å². The standard InChI is InChI=1S/C26H18F6N2O7/c27-25(28,29)16-7-3-5-14(11-16)23(38)40-19(21(35)34-13-18-9-1-2-10-33-18)20(22(36)37)41-24(39)15-6-4-8-17(12-15)26(30,31)32/h1-12,19-20H,13H2,(H,34,35)(H,36,37)/t19-,20+/m0/s1. The Balaban J connectivity index is 1.92. The van der Waals surface area contributed by atoms with Crippen molar-refractivity contribution in [2.75, 3.05) is 0 Å². The van der Waals surface area contributed by atoms with Crippen molar-refractivity contribution in [3.63, 3.8) is 0 Å². The third-order valence-corrected chi connectivity index (χ3v) is 5.27. The average molecular weight is 584 g/mol. The van der Waals surface area contributed by atoms with Crippen molar-refractivity contribution in [2.45, 2.75) is 31.1 Å². The molecule has 9 nitrogen and oxygen atoms in total. The molecule has 15 heteroatoms. The van der Waals surface area contributed by atoms with Crippen LogP contribution in [0.4, 0.5) is 26.3 Å². The maximum absolute atomic E-state index is 13.1. The summed E-state index contributed by atoms with van der Waals surface area (Å²) in [7, 11) is 0. The lowest BCUT2D eigenvalue weighted by molar-refractivity contribution is -0.159. The van der Waals surface area contributed by atoms with Crippen molar-refractivity contribution in [1.29, 1.82) is 0 Å². The first kappa shape index (κ1) is 30.6. The van der Waals surface area contributed by atoms with Gasteiger partial charge < -0.3 is 19.9 Å². The number of aromatic nitrogens is 1. The summed E-state index contributed by atoms with van der Waals surface area (Å²) < 4.78 is 88.1. The third-order valence-electron chi connectivity index (χ3n) is 5.27. The fraction of sp³-hybridized carbons (Fsp3) is 0.192. The molecule has 0 aliphatic carbocycles. The van der Waals surface area contributed by atoms with E-state index >= 15 is 0 Å². The van der Waals surface area contributed by atoms with Crippen LogP contribution in [0.5, 0.6) is 0 Å². The Kier molecular flexibility index (Phi) is 9.32. The Bertz CT molecular complexity index is 1430. The molecule has 3 aromatic rings. The highest BCUT2D eigenvalue weighted by atomic mass is 19.4. The Morgan fingerprint density at radius 3 is 1.71 bits per heavy atom. The highest BCUT2D eigenvalue weighted by Gasteiger charge is 2.41. The molecule has 0 saturated heterocycles. The van der Waals surface area contributed by atoms with Crippen LogP contribution in [0.15, 0.2) is 72.9 Å². The minimum absolute atomic E-state index is 0.261. The minimum Gasteiger partial charge on any atom is -0.478 e. The normalized spacial score (nSPS) is 13.0. The molecule has 0 saturated carbocycles. The van der Waals surface area contributed by atoms with Crippen LogP contribution < -0.4 is 5.32 Å². The van der Waals surface area contributed by atoms with Crippen LogP contribution in [-0.4, -0.2) is 46.1 Å². The van der Waals surface area contributed by atoms with Gasteiger partial charge in [-0.3, -0.25) is 9.78 Å². The number of carbonyl (C=O) groups excluding carboxylic acids is 3. The summed E-state index contributed by atoms with van der Waals surface area (Å²) in [6.07, 6.45) is -13.5. The number of hydrogen-bond acceptors (Lipinski definition) is 7. The summed E-state index contributed by atoms with van der Waals surface area (Å²) in [4.78, 5) is 54.2. The van der Waals surface area contributed by atoms with Crippen LogP contribution in [0.2, 0.25) is 0 Å². The van der Waals surface area contributed by atoms with Crippen molar-refractivity contribution in [3.8, 4) is 0 Å². The Morgan fingerprint density at radius 2 is 1.27 bits per heavy atom. The number of amides is 1. The minimum atomic E-state index is -4.86. The van der Waals surface area contributed by atoms with Gasteiger partial charge in [0.05, 0.1) is 34.5 Å². The number of halogens is 6.